The molecular weight excluding hydrogens is 631 g/mol. The van der Waals surface area contributed by atoms with Crippen LogP contribution in [0.25, 0.3) is 76.9 Å². The van der Waals surface area contributed by atoms with E-state index >= 15 is 0 Å². The van der Waals surface area contributed by atoms with Crippen molar-refractivity contribution in [3.8, 4) is 33.4 Å². The number of hydrogen-bond acceptors (Lipinski definition) is 2. The minimum atomic E-state index is 0.869. The van der Waals surface area contributed by atoms with Crippen LogP contribution in [-0.2, 0) is 0 Å². The molecule has 0 amide bonds. The fourth-order valence-corrected chi connectivity index (χ4v) is 7.78. The molecule has 244 valence electrons. The van der Waals surface area contributed by atoms with E-state index in [1.165, 1.54) is 44.0 Å². The lowest BCUT2D eigenvalue weighted by Gasteiger charge is -2.28. The third kappa shape index (κ3) is 5.04. The Morgan fingerprint density at radius 1 is 0.327 bits per heavy atom. The quantitative estimate of drug-likeness (QED) is 0.176. The van der Waals surface area contributed by atoms with E-state index < -0.39 is 0 Å². The SMILES string of the molecule is c1ccc(-c2ccccc2N(c2ccc(-c3ccc(-c4cccc5ccccc45)cc3)cc2)c2cccc3oc4c5ccccc5ccc4c23)cc1. The van der Waals surface area contributed by atoms with E-state index in [4.69, 9.17) is 4.42 Å². The van der Waals surface area contributed by atoms with Gasteiger partial charge in [0.1, 0.15) is 11.2 Å². The van der Waals surface area contributed by atoms with Crippen LogP contribution in [0.5, 0.6) is 0 Å². The second-order valence-corrected chi connectivity index (χ2v) is 13.3. The molecule has 0 aliphatic rings. The second kappa shape index (κ2) is 12.5. The number of fused-ring (bicyclic) bond motifs is 6. The Bertz CT molecular complexity index is 2880. The maximum absolute atomic E-state index is 6.66. The molecule has 2 nitrogen and oxygen atoms in total. The van der Waals surface area contributed by atoms with E-state index in [9.17, 15) is 0 Å². The lowest BCUT2D eigenvalue weighted by atomic mass is 9.96. The van der Waals surface area contributed by atoms with Crippen LogP contribution in [0.3, 0.4) is 0 Å². The van der Waals surface area contributed by atoms with Crippen molar-refractivity contribution in [2.75, 3.05) is 4.90 Å². The Labute approximate surface area is 302 Å². The summed E-state index contributed by atoms with van der Waals surface area (Å²) in [5.74, 6) is 0. The topological polar surface area (TPSA) is 16.4 Å². The van der Waals surface area contributed by atoms with Crippen molar-refractivity contribution in [2.45, 2.75) is 0 Å². The molecule has 0 unspecified atom stereocenters. The van der Waals surface area contributed by atoms with Gasteiger partial charge in [-0.05, 0) is 80.4 Å². The molecule has 10 rings (SSSR count). The minimum Gasteiger partial charge on any atom is -0.455 e. The van der Waals surface area contributed by atoms with Crippen LogP contribution < -0.4 is 4.90 Å². The molecule has 2 heteroatoms. The number of hydrogen-bond donors (Lipinski definition) is 0. The molecule has 10 aromatic rings. The fourth-order valence-electron chi connectivity index (χ4n) is 7.78. The summed E-state index contributed by atoms with van der Waals surface area (Å²) in [6.07, 6.45) is 0. The van der Waals surface area contributed by atoms with Crippen molar-refractivity contribution in [3.63, 3.8) is 0 Å². The van der Waals surface area contributed by atoms with Crippen LogP contribution in [0.1, 0.15) is 0 Å². The summed E-state index contributed by atoms with van der Waals surface area (Å²) < 4.78 is 6.66. The average Bonchev–Trinajstić information content (AvgIpc) is 3.62. The highest BCUT2D eigenvalue weighted by Crippen LogP contribution is 2.47. The number of nitrogens with zero attached hydrogens (tertiary/aromatic N) is 1. The molecule has 0 aliphatic carbocycles. The van der Waals surface area contributed by atoms with Gasteiger partial charge in [0.25, 0.3) is 0 Å². The standard InChI is InChI=1S/C50H33NO/c1-2-12-37(13-3-1)43-18-8-9-21-46(43)51(47-22-11-23-48-49(47)45-33-30-38-15-5-7-19-44(38)50(45)52-48)40-31-28-35(29-32-40)34-24-26-39(27-25-34)42-20-10-16-36-14-4-6-17-41(36)42/h1-33H. The first-order valence-corrected chi connectivity index (χ1v) is 17.8. The molecule has 0 fully saturated rings. The van der Waals surface area contributed by atoms with E-state index in [-0.39, 0.29) is 0 Å². The highest BCUT2D eigenvalue weighted by Gasteiger charge is 2.22. The zero-order valence-electron chi connectivity index (χ0n) is 28.4. The Balaban J connectivity index is 1.11. The first-order chi connectivity index (χ1) is 25.8. The molecule has 0 spiro atoms. The molecule has 52 heavy (non-hydrogen) atoms. The zero-order chi connectivity index (χ0) is 34.4. The van der Waals surface area contributed by atoms with Gasteiger partial charge in [0, 0.05) is 22.0 Å². The van der Waals surface area contributed by atoms with Gasteiger partial charge in [-0.15, -0.1) is 0 Å². The normalized spacial score (nSPS) is 11.5. The molecule has 1 aromatic heterocycles. The van der Waals surface area contributed by atoms with Gasteiger partial charge < -0.3 is 9.32 Å². The van der Waals surface area contributed by atoms with Gasteiger partial charge in [0.2, 0.25) is 0 Å². The van der Waals surface area contributed by atoms with Crippen molar-refractivity contribution in [2.24, 2.45) is 0 Å². The van der Waals surface area contributed by atoms with Gasteiger partial charge in [0.15, 0.2) is 0 Å². The molecular formula is C50H33NO. The van der Waals surface area contributed by atoms with Crippen molar-refractivity contribution < 1.29 is 4.42 Å². The van der Waals surface area contributed by atoms with Crippen LogP contribution >= 0.6 is 0 Å². The number of anilines is 3. The van der Waals surface area contributed by atoms with E-state index in [0.29, 0.717) is 0 Å². The maximum Gasteiger partial charge on any atom is 0.143 e. The zero-order valence-corrected chi connectivity index (χ0v) is 28.4. The Hall–Kier alpha value is -6.90. The molecule has 0 saturated heterocycles. The number of benzene rings is 9. The van der Waals surface area contributed by atoms with Crippen LogP contribution in [0.4, 0.5) is 17.1 Å². The van der Waals surface area contributed by atoms with E-state index in [2.05, 4.69) is 205 Å². The summed E-state index contributed by atoms with van der Waals surface area (Å²) in [5, 5.41) is 7.02. The third-order valence-corrected chi connectivity index (χ3v) is 10.3. The van der Waals surface area contributed by atoms with Crippen molar-refractivity contribution in [1.29, 1.82) is 0 Å². The number of para-hydroxylation sites is 1. The van der Waals surface area contributed by atoms with Crippen molar-refractivity contribution >= 4 is 60.5 Å². The number of furan rings is 1. The van der Waals surface area contributed by atoms with Crippen LogP contribution in [0, 0.1) is 0 Å². The monoisotopic (exact) mass is 663 g/mol. The van der Waals surface area contributed by atoms with Gasteiger partial charge in [-0.25, -0.2) is 0 Å². The number of rotatable bonds is 6. The van der Waals surface area contributed by atoms with Crippen molar-refractivity contribution in [1.82, 2.24) is 0 Å². The summed E-state index contributed by atoms with van der Waals surface area (Å²) in [4.78, 5) is 2.39. The summed E-state index contributed by atoms with van der Waals surface area (Å²) in [6.45, 7) is 0. The molecule has 9 aromatic carbocycles. The van der Waals surface area contributed by atoms with Crippen molar-refractivity contribution in [3.05, 3.63) is 200 Å². The molecule has 0 saturated carbocycles. The van der Waals surface area contributed by atoms with E-state index in [1.807, 2.05) is 0 Å². The van der Waals surface area contributed by atoms with Gasteiger partial charge in [-0.2, -0.15) is 0 Å². The summed E-state index contributed by atoms with van der Waals surface area (Å²) in [6, 6.07) is 71.6. The average molecular weight is 664 g/mol. The predicted molar refractivity (Wildman–Crippen MR) is 220 cm³/mol. The smallest absolute Gasteiger partial charge is 0.143 e. The lowest BCUT2D eigenvalue weighted by Crippen LogP contribution is -2.11. The first kappa shape index (κ1) is 30.0. The Kier molecular flexibility index (Phi) is 7.18. The van der Waals surface area contributed by atoms with Gasteiger partial charge >= 0.3 is 0 Å². The highest BCUT2D eigenvalue weighted by molar-refractivity contribution is 6.19. The summed E-state index contributed by atoms with van der Waals surface area (Å²) in [7, 11) is 0. The van der Waals surface area contributed by atoms with Crippen LogP contribution in [-0.4, -0.2) is 0 Å². The Morgan fingerprint density at radius 3 is 1.69 bits per heavy atom. The molecule has 0 radical (unpaired) electrons. The largest absolute Gasteiger partial charge is 0.455 e. The van der Waals surface area contributed by atoms with Gasteiger partial charge in [-0.3, -0.25) is 0 Å². The molecule has 0 bridgehead atoms. The van der Waals surface area contributed by atoms with Crippen LogP contribution in [0.2, 0.25) is 0 Å². The van der Waals surface area contributed by atoms with Gasteiger partial charge in [0.05, 0.1) is 16.8 Å². The summed E-state index contributed by atoms with van der Waals surface area (Å²) in [5.41, 5.74) is 12.2. The molecule has 0 atom stereocenters. The first-order valence-electron chi connectivity index (χ1n) is 17.8. The predicted octanol–water partition coefficient (Wildman–Crippen LogP) is 14.4. The van der Waals surface area contributed by atoms with Gasteiger partial charge in [-0.1, -0.05) is 164 Å². The van der Waals surface area contributed by atoms with E-state index in [1.54, 1.807) is 0 Å². The Morgan fingerprint density at radius 2 is 0.885 bits per heavy atom. The molecule has 0 aliphatic heterocycles. The second-order valence-electron chi connectivity index (χ2n) is 13.3. The highest BCUT2D eigenvalue weighted by atomic mass is 16.3. The van der Waals surface area contributed by atoms with Crippen LogP contribution in [0.15, 0.2) is 205 Å². The summed E-state index contributed by atoms with van der Waals surface area (Å²) >= 11 is 0. The maximum atomic E-state index is 6.66. The minimum absolute atomic E-state index is 0.869. The third-order valence-electron chi connectivity index (χ3n) is 10.3. The molecule has 0 N–H and O–H groups in total. The molecule has 1 heterocycles. The fraction of sp³-hybridized carbons (Fsp3) is 0. The van der Waals surface area contributed by atoms with E-state index in [0.717, 1.165) is 50.0 Å². The lowest BCUT2D eigenvalue weighted by molar-refractivity contribution is 0.672.